The van der Waals surface area contributed by atoms with Crippen molar-refractivity contribution in [3.05, 3.63) is 10.6 Å². The molecule has 8 heavy (non-hydrogen) atoms. The molecular weight excluding hydrogens is 168 g/mol. The minimum atomic E-state index is 0.160. The lowest BCUT2D eigenvalue weighted by atomic mass is 10.3. The summed E-state index contributed by atoms with van der Waals surface area (Å²) in [5.74, 6) is 0.160. The van der Waals surface area contributed by atoms with Crippen molar-refractivity contribution in [3.63, 3.8) is 0 Å². The maximum atomic E-state index is 10.6. The number of hydrogen-bond donors (Lipinski definition) is 0. The van der Waals surface area contributed by atoms with Gasteiger partial charge in [-0.15, -0.1) is 0 Å². The van der Waals surface area contributed by atoms with Gasteiger partial charge in [0, 0.05) is 6.42 Å². The number of carbonyl (C=O) groups is 1. The molecule has 0 aromatic heterocycles. The molecule has 0 spiro atoms. The summed E-state index contributed by atoms with van der Waals surface area (Å²) < 4.78 is 0.681. The molecule has 0 heterocycles. The van der Waals surface area contributed by atoms with Crippen molar-refractivity contribution in [3.8, 4) is 0 Å². The summed E-state index contributed by atoms with van der Waals surface area (Å²) in [6.45, 7) is 3.67. The fourth-order valence-electron chi connectivity index (χ4n) is 0.330. The Bertz CT molecular complexity index is 116. The van der Waals surface area contributed by atoms with Crippen LogP contribution in [0.1, 0.15) is 20.3 Å². The Morgan fingerprint density at radius 2 is 2.25 bits per heavy atom. The van der Waals surface area contributed by atoms with Crippen LogP contribution in [0.2, 0.25) is 0 Å². The molecule has 0 aromatic rings. The van der Waals surface area contributed by atoms with Crippen molar-refractivity contribution in [2.45, 2.75) is 20.3 Å². The number of halogens is 1. The molecule has 46 valence electrons. The van der Waals surface area contributed by atoms with Crippen LogP contribution in [0.25, 0.3) is 0 Å². The second-order valence-electron chi connectivity index (χ2n) is 1.41. The second kappa shape index (κ2) is 3.84. The Kier molecular flexibility index (Phi) is 3.79. The van der Waals surface area contributed by atoms with Gasteiger partial charge in [-0.25, -0.2) is 0 Å². The number of Topliss-reactive ketones (excluding diaryl/α,β-unsaturated/α-hetero) is 1. The van der Waals surface area contributed by atoms with Crippen molar-refractivity contribution in [1.29, 1.82) is 0 Å². The van der Waals surface area contributed by atoms with Gasteiger partial charge in [-0.1, -0.05) is 13.0 Å². The summed E-state index contributed by atoms with van der Waals surface area (Å²) in [7, 11) is 0. The molecule has 1 nitrogen and oxygen atoms in total. The molecule has 0 amide bonds. The highest BCUT2D eigenvalue weighted by Crippen LogP contribution is 2.06. The lowest BCUT2D eigenvalue weighted by molar-refractivity contribution is -0.114. The molecule has 0 unspecified atom stereocenters. The average Bonchev–Trinajstić information content (AvgIpc) is 1.84. The van der Waals surface area contributed by atoms with Crippen LogP contribution in [0, 0.1) is 0 Å². The SMILES string of the molecule is C/C=C(/Br)C(=O)CC. The van der Waals surface area contributed by atoms with Gasteiger partial charge in [0.05, 0.1) is 4.48 Å². The van der Waals surface area contributed by atoms with Crippen LogP contribution in [-0.2, 0) is 4.79 Å². The van der Waals surface area contributed by atoms with Crippen molar-refractivity contribution in [2.75, 3.05) is 0 Å². The zero-order chi connectivity index (χ0) is 6.57. The van der Waals surface area contributed by atoms with E-state index < -0.39 is 0 Å². The van der Waals surface area contributed by atoms with Gasteiger partial charge < -0.3 is 0 Å². The molecule has 0 aliphatic carbocycles. The number of carbonyl (C=O) groups excluding carboxylic acids is 1. The fourth-order valence-corrected chi connectivity index (χ4v) is 0.610. The van der Waals surface area contributed by atoms with E-state index in [0.717, 1.165) is 0 Å². The van der Waals surface area contributed by atoms with Gasteiger partial charge >= 0.3 is 0 Å². The van der Waals surface area contributed by atoms with E-state index in [0.29, 0.717) is 10.9 Å². The summed E-state index contributed by atoms with van der Waals surface area (Å²) in [5, 5.41) is 0. The lowest BCUT2D eigenvalue weighted by Gasteiger charge is -1.88. The van der Waals surface area contributed by atoms with Gasteiger partial charge in [0.25, 0.3) is 0 Å². The smallest absolute Gasteiger partial charge is 0.169 e. The lowest BCUT2D eigenvalue weighted by Crippen LogP contribution is -1.91. The third-order valence-corrected chi connectivity index (χ3v) is 1.74. The largest absolute Gasteiger partial charge is 0.294 e. The Morgan fingerprint density at radius 3 is 2.38 bits per heavy atom. The zero-order valence-corrected chi connectivity index (χ0v) is 6.66. The minimum Gasteiger partial charge on any atom is -0.294 e. The Balaban J connectivity index is 3.83. The second-order valence-corrected chi connectivity index (χ2v) is 2.27. The highest BCUT2D eigenvalue weighted by Gasteiger charge is 1.98. The Hall–Kier alpha value is -0.110. The molecule has 2 heteroatoms. The Morgan fingerprint density at radius 1 is 1.75 bits per heavy atom. The third kappa shape index (κ3) is 2.26. The normalized spacial score (nSPS) is 11.6. The molecule has 0 fully saturated rings. The molecule has 0 radical (unpaired) electrons. The number of allylic oxidation sites excluding steroid dienone is 2. The van der Waals surface area contributed by atoms with Crippen molar-refractivity contribution in [2.24, 2.45) is 0 Å². The van der Waals surface area contributed by atoms with Crippen LogP contribution >= 0.6 is 15.9 Å². The summed E-state index contributed by atoms with van der Waals surface area (Å²) in [6.07, 6.45) is 2.33. The van der Waals surface area contributed by atoms with Crippen LogP contribution in [0.5, 0.6) is 0 Å². The number of rotatable bonds is 2. The number of hydrogen-bond acceptors (Lipinski definition) is 1. The van der Waals surface area contributed by atoms with Gasteiger partial charge in [-0.2, -0.15) is 0 Å². The molecule has 0 saturated carbocycles. The van der Waals surface area contributed by atoms with Crippen molar-refractivity contribution >= 4 is 21.7 Å². The van der Waals surface area contributed by atoms with E-state index in [1.54, 1.807) is 6.08 Å². The van der Waals surface area contributed by atoms with E-state index in [1.165, 1.54) is 0 Å². The van der Waals surface area contributed by atoms with Gasteiger partial charge in [0.2, 0.25) is 0 Å². The van der Waals surface area contributed by atoms with Gasteiger partial charge in [0.15, 0.2) is 5.78 Å². The molecule has 0 aromatic carbocycles. The monoisotopic (exact) mass is 176 g/mol. The maximum Gasteiger partial charge on any atom is 0.169 e. The first-order valence-corrected chi connectivity index (χ1v) is 3.36. The highest BCUT2D eigenvalue weighted by molar-refractivity contribution is 9.12. The third-order valence-electron chi connectivity index (χ3n) is 0.841. The maximum absolute atomic E-state index is 10.6. The van der Waals surface area contributed by atoms with Gasteiger partial charge in [-0.05, 0) is 22.9 Å². The zero-order valence-electron chi connectivity index (χ0n) is 5.07. The fraction of sp³-hybridized carbons (Fsp3) is 0.500. The molecule has 0 atom stereocenters. The van der Waals surface area contributed by atoms with E-state index >= 15 is 0 Å². The first-order chi connectivity index (χ1) is 3.72. The molecule has 0 aliphatic rings. The predicted octanol–water partition coefficient (Wildman–Crippen LogP) is 2.26. The molecule has 0 rings (SSSR count). The van der Waals surface area contributed by atoms with Gasteiger partial charge in [0.1, 0.15) is 0 Å². The average molecular weight is 177 g/mol. The van der Waals surface area contributed by atoms with E-state index in [-0.39, 0.29) is 5.78 Å². The summed E-state index contributed by atoms with van der Waals surface area (Å²) in [4.78, 5) is 10.6. The first-order valence-electron chi connectivity index (χ1n) is 2.57. The standard InChI is InChI=1S/C6H9BrO/c1-3-5(7)6(8)4-2/h3H,4H2,1-2H3/b5-3+. The Labute approximate surface area is 57.9 Å². The molecular formula is C6H9BrO. The van der Waals surface area contributed by atoms with Crippen molar-refractivity contribution < 1.29 is 4.79 Å². The highest BCUT2D eigenvalue weighted by atomic mass is 79.9. The summed E-state index contributed by atoms with van der Waals surface area (Å²) in [5.41, 5.74) is 0. The van der Waals surface area contributed by atoms with Gasteiger partial charge in [-0.3, -0.25) is 4.79 Å². The molecule has 0 N–H and O–H groups in total. The quantitative estimate of drug-likeness (QED) is 0.591. The van der Waals surface area contributed by atoms with E-state index in [2.05, 4.69) is 15.9 Å². The molecule has 0 aliphatic heterocycles. The summed E-state index contributed by atoms with van der Waals surface area (Å²) >= 11 is 3.11. The van der Waals surface area contributed by atoms with Crippen LogP contribution in [0.15, 0.2) is 10.6 Å². The van der Waals surface area contributed by atoms with E-state index in [9.17, 15) is 4.79 Å². The molecule has 0 bridgehead atoms. The van der Waals surface area contributed by atoms with Crippen LogP contribution in [0.3, 0.4) is 0 Å². The summed E-state index contributed by atoms with van der Waals surface area (Å²) in [6, 6.07) is 0. The predicted molar refractivity (Wildman–Crippen MR) is 38.0 cm³/mol. The van der Waals surface area contributed by atoms with Crippen LogP contribution < -0.4 is 0 Å². The van der Waals surface area contributed by atoms with Crippen molar-refractivity contribution in [1.82, 2.24) is 0 Å². The number of ketones is 1. The van der Waals surface area contributed by atoms with E-state index in [4.69, 9.17) is 0 Å². The van der Waals surface area contributed by atoms with Crippen LogP contribution in [0.4, 0.5) is 0 Å². The van der Waals surface area contributed by atoms with E-state index in [1.807, 2.05) is 13.8 Å². The minimum absolute atomic E-state index is 0.160. The topological polar surface area (TPSA) is 17.1 Å². The van der Waals surface area contributed by atoms with Crippen LogP contribution in [-0.4, -0.2) is 5.78 Å². The molecule has 0 saturated heterocycles. The first kappa shape index (κ1) is 7.89.